The van der Waals surface area contributed by atoms with Crippen molar-refractivity contribution in [2.45, 2.75) is 12.1 Å². The fourth-order valence-electron chi connectivity index (χ4n) is 3.26. The molecule has 3 rings (SSSR count). The van der Waals surface area contributed by atoms with Crippen molar-refractivity contribution in [3.63, 3.8) is 0 Å². The Balaban J connectivity index is 1.85. The lowest BCUT2D eigenvalue weighted by molar-refractivity contribution is -0.0879. The summed E-state index contributed by atoms with van der Waals surface area (Å²) in [5.74, 6) is 0. The van der Waals surface area contributed by atoms with Crippen LogP contribution in [0, 0.1) is 11.3 Å². The van der Waals surface area contributed by atoms with Crippen LogP contribution in [0.3, 0.4) is 0 Å². The number of benzene rings is 1. The molecule has 2 heterocycles. The average molecular weight is 367 g/mol. The molecular formula is C16H19ClN4O4. The summed E-state index contributed by atoms with van der Waals surface area (Å²) in [5.41, 5.74) is 1.09. The number of hydrogen-bond acceptors (Lipinski definition) is 6. The second-order valence-electron chi connectivity index (χ2n) is 6.11. The van der Waals surface area contributed by atoms with Crippen LogP contribution in [0.2, 0.25) is 5.02 Å². The Hall–Kier alpha value is -2.05. The van der Waals surface area contributed by atoms with E-state index in [4.69, 9.17) is 21.4 Å². The van der Waals surface area contributed by atoms with E-state index in [2.05, 4.69) is 10.2 Å². The summed E-state index contributed by atoms with van der Waals surface area (Å²) >= 11 is 6.37. The summed E-state index contributed by atoms with van der Waals surface area (Å²) in [6.45, 7) is 3.28. The highest BCUT2D eigenvalue weighted by molar-refractivity contribution is 6.36. The van der Waals surface area contributed by atoms with E-state index in [-0.39, 0.29) is 23.4 Å². The van der Waals surface area contributed by atoms with Crippen LogP contribution in [0.5, 0.6) is 0 Å². The van der Waals surface area contributed by atoms with Crippen LogP contribution in [0.25, 0.3) is 0 Å². The highest BCUT2D eigenvalue weighted by Gasteiger charge is 2.35. The SMILES string of the molecule is N#Cc1cc(NC(=O)O)c(Cl)c(N2CCN(C3COC3)C(CO)C2)c1. The Morgan fingerprint density at radius 3 is 2.76 bits per heavy atom. The van der Waals surface area contributed by atoms with Crippen LogP contribution in [0.4, 0.5) is 16.2 Å². The fourth-order valence-corrected chi connectivity index (χ4v) is 3.53. The van der Waals surface area contributed by atoms with E-state index in [1.807, 2.05) is 11.0 Å². The van der Waals surface area contributed by atoms with Crippen molar-refractivity contribution in [3.8, 4) is 6.07 Å². The number of nitrogens with one attached hydrogen (secondary N) is 1. The molecule has 0 aromatic heterocycles. The maximum atomic E-state index is 10.9. The first-order valence-electron chi connectivity index (χ1n) is 7.96. The lowest BCUT2D eigenvalue weighted by Gasteiger charge is -2.48. The number of aliphatic hydroxyl groups is 1. The topological polar surface area (TPSA) is 109 Å². The molecule has 1 aromatic carbocycles. The Morgan fingerprint density at radius 2 is 2.20 bits per heavy atom. The first-order valence-corrected chi connectivity index (χ1v) is 8.34. The summed E-state index contributed by atoms with van der Waals surface area (Å²) in [4.78, 5) is 15.2. The highest BCUT2D eigenvalue weighted by Crippen LogP contribution is 2.36. The number of halogens is 1. The minimum absolute atomic E-state index is 0.00277. The first-order chi connectivity index (χ1) is 12.0. The van der Waals surface area contributed by atoms with Gasteiger partial charge >= 0.3 is 6.09 Å². The van der Waals surface area contributed by atoms with Gasteiger partial charge in [-0.15, -0.1) is 0 Å². The van der Waals surface area contributed by atoms with Crippen LogP contribution in [-0.2, 0) is 4.74 Å². The van der Waals surface area contributed by atoms with Crippen molar-refractivity contribution in [2.75, 3.05) is 49.7 Å². The van der Waals surface area contributed by atoms with Crippen LogP contribution >= 0.6 is 11.6 Å². The van der Waals surface area contributed by atoms with Crippen molar-refractivity contribution >= 4 is 29.1 Å². The van der Waals surface area contributed by atoms with Crippen LogP contribution in [0.1, 0.15) is 5.56 Å². The number of amides is 1. The zero-order valence-corrected chi connectivity index (χ0v) is 14.2. The number of ether oxygens (including phenoxy) is 1. The second-order valence-corrected chi connectivity index (χ2v) is 6.49. The Morgan fingerprint density at radius 1 is 1.44 bits per heavy atom. The molecular weight excluding hydrogens is 348 g/mol. The number of rotatable bonds is 4. The zero-order valence-electron chi connectivity index (χ0n) is 13.5. The van der Waals surface area contributed by atoms with Gasteiger partial charge in [0.2, 0.25) is 0 Å². The van der Waals surface area contributed by atoms with Gasteiger partial charge in [-0.25, -0.2) is 4.79 Å². The Bertz CT molecular complexity index is 704. The molecule has 0 aliphatic carbocycles. The van der Waals surface area contributed by atoms with E-state index in [0.717, 1.165) is 6.54 Å². The summed E-state index contributed by atoms with van der Waals surface area (Å²) in [5, 5.41) is 30.4. The molecule has 1 atom stereocenters. The van der Waals surface area contributed by atoms with E-state index in [1.165, 1.54) is 6.07 Å². The van der Waals surface area contributed by atoms with E-state index in [0.29, 0.717) is 43.6 Å². The van der Waals surface area contributed by atoms with Gasteiger partial charge in [-0.3, -0.25) is 10.2 Å². The van der Waals surface area contributed by atoms with Crippen LogP contribution in [-0.4, -0.2) is 72.7 Å². The van der Waals surface area contributed by atoms with Crippen molar-refractivity contribution < 1.29 is 19.7 Å². The largest absolute Gasteiger partial charge is 0.465 e. The van der Waals surface area contributed by atoms with E-state index in [1.54, 1.807) is 6.07 Å². The normalized spacial score (nSPS) is 21.5. The monoisotopic (exact) mass is 366 g/mol. The minimum atomic E-state index is -1.24. The molecule has 0 radical (unpaired) electrons. The number of carboxylic acid groups (broad SMARTS) is 1. The molecule has 2 aliphatic heterocycles. The van der Waals surface area contributed by atoms with E-state index >= 15 is 0 Å². The van der Waals surface area contributed by atoms with Gasteiger partial charge in [0, 0.05) is 19.6 Å². The summed E-state index contributed by atoms with van der Waals surface area (Å²) in [6.07, 6.45) is -1.24. The lowest BCUT2D eigenvalue weighted by atomic mass is 10.1. The van der Waals surface area contributed by atoms with Gasteiger partial charge in [-0.1, -0.05) is 11.6 Å². The van der Waals surface area contributed by atoms with Crippen molar-refractivity contribution in [1.29, 1.82) is 5.26 Å². The van der Waals surface area contributed by atoms with E-state index in [9.17, 15) is 15.2 Å². The number of hydrogen-bond donors (Lipinski definition) is 3. The number of nitrogens with zero attached hydrogens (tertiary/aromatic N) is 3. The number of anilines is 2. The third-order valence-corrected chi connectivity index (χ3v) is 4.99. The first kappa shape index (κ1) is 17.8. The number of nitriles is 1. The van der Waals surface area contributed by atoms with Gasteiger partial charge in [-0.2, -0.15) is 5.26 Å². The average Bonchev–Trinajstić information content (AvgIpc) is 2.55. The predicted octanol–water partition coefficient (Wildman–Crippen LogP) is 1.18. The molecule has 25 heavy (non-hydrogen) atoms. The number of carbonyl (C=O) groups is 1. The Labute approximate surface area is 150 Å². The smallest absolute Gasteiger partial charge is 0.409 e. The minimum Gasteiger partial charge on any atom is -0.465 e. The zero-order chi connectivity index (χ0) is 18.0. The quantitative estimate of drug-likeness (QED) is 0.734. The van der Waals surface area contributed by atoms with E-state index < -0.39 is 6.09 Å². The molecule has 134 valence electrons. The summed E-state index contributed by atoms with van der Waals surface area (Å²) < 4.78 is 5.24. The van der Waals surface area contributed by atoms with Crippen LogP contribution < -0.4 is 10.2 Å². The molecule has 1 unspecified atom stereocenters. The molecule has 1 amide bonds. The van der Waals surface area contributed by atoms with Crippen molar-refractivity contribution in [1.82, 2.24) is 4.90 Å². The molecule has 8 nitrogen and oxygen atoms in total. The summed E-state index contributed by atoms with van der Waals surface area (Å²) in [7, 11) is 0. The molecule has 2 fully saturated rings. The fraction of sp³-hybridized carbons (Fsp3) is 0.500. The third-order valence-electron chi connectivity index (χ3n) is 4.59. The maximum Gasteiger partial charge on any atom is 0.409 e. The van der Waals surface area contributed by atoms with Crippen molar-refractivity contribution in [3.05, 3.63) is 22.7 Å². The number of aliphatic hydroxyl groups excluding tert-OH is 1. The molecule has 1 aromatic rings. The lowest BCUT2D eigenvalue weighted by Crippen LogP contribution is -2.62. The Kier molecular flexibility index (Phi) is 5.30. The van der Waals surface area contributed by atoms with Crippen molar-refractivity contribution in [2.24, 2.45) is 0 Å². The van der Waals surface area contributed by atoms with Gasteiger partial charge in [0.1, 0.15) is 0 Å². The highest BCUT2D eigenvalue weighted by atomic mass is 35.5. The molecule has 9 heteroatoms. The number of piperazine rings is 1. The third kappa shape index (κ3) is 3.65. The molecule has 0 bridgehead atoms. The molecule has 2 saturated heterocycles. The van der Waals surface area contributed by atoms with Crippen LogP contribution in [0.15, 0.2) is 12.1 Å². The molecule has 2 aliphatic rings. The van der Waals surface area contributed by atoms with Gasteiger partial charge in [0.05, 0.1) is 59.9 Å². The van der Waals surface area contributed by atoms with Gasteiger partial charge in [0.25, 0.3) is 0 Å². The molecule has 0 spiro atoms. The van der Waals surface area contributed by atoms with Gasteiger partial charge in [-0.05, 0) is 12.1 Å². The van der Waals surface area contributed by atoms with Gasteiger partial charge in [0.15, 0.2) is 0 Å². The standard InChI is InChI=1S/C16H19ClN4O4/c17-15-13(19-16(23)24)3-10(5-18)4-14(15)20-1-2-21(11(6-20)7-22)12-8-25-9-12/h3-4,11-12,19,22H,1-2,6-9H2,(H,23,24). The molecule has 3 N–H and O–H groups in total. The van der Waals surface area contributed by atoms with Gasteiger partial charge < -0.3 is 19.8 Å². The molecule has 0 saturated carbocycles. The maximum absolute atomic E-state index is 10.9. The second kappa shape index (κ2) is 7.45. The summed E-state index contributed by atoms with van der Waals surface area (Å²) in [6, 6.07) is 5.33. The predicted molar refractivity (Wildman–Crippen MR) is 92.2 cm³/mol.